The predicted octanol–water partition coefficient (Wildman–Crippen LogP) is 4.89. The maximum absolute atomic E-state index is 12.2. The Bertz CT molecular complexity index is 1180. The number of allylic oxidation sites excluding steroid dienone is 1. The first kappa shape index (κ1) is 21.4. The maximum Gasteiger partial charge on any atom is 0.412 e. The lowest BCUT2D eigenvalue weighted by molar-refractivity contribution is -0.116. The Labute approximate surface area is 186 Å². The van der Waals surface area contributed by atoms with E-state index in [4.69, 9.17) is 4.74 Å². The Morgan fingerprint density at radius 1 is 1.28 bits per heavy atom. The second-order valence-electron chi connectivity index (χ2n) is 7.66. The zero-order valence-corrected chi connectivity index (χ0v) is 18.1. The first-order chi connectivity index (χ1) is 15.5. The van der Waals surface area contributed by atoms with Gasteiger partial charge in [0.25, 0.3) is 0 Å². The van der Waals surface area contributed by atoms with E-state index >= 15 is 0 Å². The number of Topliss-reactive ketones (excluding diaryl/α,β-unsaturated/α-hetero) is 1. The first-order valence-electron chi connectivity index (χ1n) is 10.7. The van der Waals surface area contributed by atoms with Crippen LogP contribution < -0.4 is 5.32 Å². The van der Waals surface area contributed by atoms with Crippen LogP contribution in [0.2, 0.25) is 0 Å². The van der Waals surface area contributed by atoms with Gasteiger partial charge in [0, 0.05) is 36.7 Å². The highest BCUT2D eigenvalue weighted by Gasteiger charge is 2.19. The number of H-pyrrole nitrogens is 1. The summed E-state index contributed by atoms with van der Waals surface area (Å²) in [5.41, 5.74) is 5.03. The molecule has 32 heavy (non-hydrogen) atoms. The third-order valence-electron chi connectivity index (χ3n) is 5.57. The number of anilines is 1. The Morgan fingerprint density at radius 2 is 2.09 bits per heavy atom. The van der Waals surface area contributed by atoms with E-state index in [1.54, 1.807) is 6.20 Å². The topological polar surface area (TPSA) is 87.3 Å². The lowest BCUT2D eigenvalue weighted by Gasteiger charge is -2.29. The molecule has 3 heterocycles. The molecule has 7 nitrogen and oxygen atoms in total. The van der Waals surface area contributed by atoms with E-state index in [1.807, 2.05) is 54.4 Å². The number of amides is 1. The predicted molar refractivity (Wildman–Crippen MR) is 125 cm³/mol. The van der Waals surface area contributed by atoms with Gasteiger partial charge in [0.1, 0.15) is 12.3 Å². The molecule has 1 aliphatic heterocycles. The second kappa shape index (κ2) is 9.51. The molecule has 0 unspecified atom stereocenters. The van der Waals surface area contributed by atoms with E-state index in [0.717, 1.165) is 35.1 Å². The highest BCUT2D eigenvalue weighted by Crippen LogP contribution is 2.30. The van der Waals surface area contributed by atoms with Crippen LogP contribution >= 0.6 is 0 Å². The maximum atomic E-state index is 12.2. The minimum Gasteiger partial charge on any atom is -0.444 e. The number of carbonyl (C=O) groups is 2. The van der Waals surface area contributed by atoms with Crippen molar-refractivity contribution in [2.24, 2.45) is 0 Å². The Balaban J connectivity index is 1.45. The van der Waals surface area contributed by atoms with E-state index in [2.05, 4.69) is 27.9 Å². The molecule has 1 amide bonds. The summed E-state index contributed by atoms with van der Waals surface area (Å²) in [5.74, 6) is 0.0769. The van der Waals surface area contributed by atoms with Crippen LogP contribution in [0.4, 0.5) is 10.5 Å². The van der Waals surface area contributed by atoms with Gasteiger partial charge in [0.2, 0.25) is 0 Å². The number of aromatic nitrogens is 2. The van der Waals surface area contributed by atoms with Gasteiger partial charge >= 0.3 is 6.09 Å². The number of hydrogen-bond donors (Lipinski definition) is 2. The number of hydrogen-bond acceptors (Lipinski definition) is 5. The molecule has 0 radical (unpaired) electrons. The van der Waals surface area contributed by atoms with Crippen LogP contribution in [0.5, 0.6) is 0 Å². The summed E-state index contributed by atoms with van der Waals surface area (Å²) >= 11 is 0. The summed E-state index contributed by atoms with van der Waals surface area (Å²) in [6, 6.07) is 11.4. The fraction of sp³-hybridized carbons (Fsp3) is 0.240. The molecule has 0 fully saturated rings. The summed E-state index contributed by atoms with van der Waals surface area (Å²) < 4.78 is 5.30. The molecule has 0 saturated carbocycles. The van der Waals surface area contributed by atoms with Crippen molar-refractivity contribution < 1.29 is 14.3 Å². The second-order valence-corrected chi connectivity index (χ2v) is 7.66. The van der Waals surface area contributed by atoms with Crippen LogP contribution in [0.25, 0.3) is 16.6 Å². The van der Waals surface area contributed by atoms with Crippen molar-refractivity contribution in [3.8, 4) is 0 Å². The van der Waals surface area contributed by atoms with Gasteiger partial charge in [-0.05, 0) is 23.6 Å². The van der Waals surface area contributed by atoms with Crippen molar-refractivity contribution in [3.63, 3.8) is 0 Å². The molecule has 0 spiro atoms. The molecular weight excluding hydrogens is 404 g/mol. The van der Waals surface area contributed by atoms with Crippen molar-refractivity contribution in [1.82, 2.24) is 14.9 Å². The average Bonchev–Trinajstić information content (AvgIpc) is 3.26. The number of nitrogens with zero attached hydrogens (tertiary/aromatic N) is 2. The summed E-state index contributed by atoms with van der Waals surface area (Å²) in [6.45, 7) is 7.37. The lowest BCUT2D eigenvalue weighted by Crippen LogP contribution is -2.30. The zero-order valence-electron chi connectivity index (χ0n) is 18.1. The van der Waals surface area contributed by atoms with E-state index < -0.39 is 6.09 Å². The van der Waals surface area contributed by atoms with Crippen molar-refractivity contribution in [2.45, 2.75) is 26.4 Å². The van der Waals surface area contributed by atoms with E-state index in [-0.39, 0.29) is 12.4 Å². The smallest absolute Gasteiger partial charge is 0.412 e. The number of ketones is 1. The monoisotopic (exact) mass is 430 g/mol. The minimum absolute atomic E-state index is 0.0769. The molecule has 0 aliphatic carbocycles. The summed E-state index contributed by atoms with van der Waals surface area (Å²) in [7, 11) is 0. The van der Waals surface area contributed by atoms with E-state index in [1.165, 1.54) is 5.57 Å². The number of pyridine rings is 1. The zero-order chi connectivity index (χ0) is 22.5. The van der Waals surface area contributed by atoms with Gasteiger partial charge in [-0.2, -0.15) is 0 Å². The van der Waals surface area contributed by atoms with Crippen LogP contribution in [0.3, 0.4) is 0 Å². The van der Waals surface area contributed by atoms with Gasteiger partial charge in [0.05, 0.1) is 17.6 Å². The number of carbonyl (C=O) groups excluding carboxylic acids is 2. The molecule has 0 saturated heterocycles. The number of ether oxygens (including phenoxy) is 1. The third-order valence-corrected chi connectivity index (χ3v) is 5.57. The standard InChI is InChI=1S/C25H26N4O3/c1-3-23(30)17(2)29-11-9-19(10-12-29)22-15-27-24-21(22)13-20(14-26-24)28-25(31)32-16-18-7-5-4-6-8-18/h4-9,13-15H,2-3,10-12,16H2,1H3,(H,26,27)(H,28,31). The van der Waals surface area contributed by atoms with E-state index in [9.17, 15) is 9.59 Å². The number of nitrogens with one attached hydrogen (secondary N) is 2. The van der Waals surface area contributed by atoms with Gasteiger partial charge < -0.3 is 14.6 Å². The fourth-order valence-corrected chi connectivity index (χ4v) is 3.75. The molecular formula is C25H26N4O3. The van der Waals surface area contributed by atoms with Crippen molar-refractivity contribution >= 4 is 34.2 Å². The Kier molecular flexibility index (Phi) is 6.35. The number of aromatic amines is 1. The molecule has 3 aromatic rings. The van der Waals surface area contributed by atoms with Crippen LogP contribution in [-0.2, 0) is 16.1 Å². The Morgan fingerprint density at radius 3 is 2.81 bits per heavy atom. The largest absolute Gasteiger partial charge is 0.444 e. The molecule has 164 valence electrons. The van der Waals surface area contributed by atoms with E-state index in [0.29, 0.717) is 24.4 Å². The molecule has 1 aliphatic rings. The highest BCUT2D eigenvalue weighted by molar-refractivity contribution is 5.96. The lowest BCUT2D eigenvalue weighted by atomic mass is 9.99. The van der Waals surface area contributed by atoms with Gasteiger partial charge in [-0.3, -0.25) is 10.1 Å². The molecule has 1 aromatic carbocycles. The molecule has 0 atom stereocenters. The van der Waals surface area contributed by atoms with Gasteiger partial charge in [0.15, 0.2) is 5.78 Å². The van der Waals surface area contributed by atoms with Gasteiger partial charge in [-0.15, -0.1) is 0 Å². The number of fused-ring (bicyclic) bond motifs is 1. The van der Waals surface area contributed by atoms with Gasteiger partial charge in [-0.25, -0.2) is 9.78 Å². The quantitative estimate of drug-likeness (QED) is 0.521. The summed E-state index contributed by atoms with van der Waals surface area (Å²) in [4.78, 5) is 33.8. The summed E-state index contributed by atoms with van der Waals surface area (Å²) in [6.07, 6.45) is 6.38. The number of benzene rings is 1. The SMILES string of the molecule is C=C(C(=O)CC)N1CC=C(c2c[nH]c3ncc(NC(=O)OCc4ccccc4)cc23)CC1. The van der Waals surface area contributed by atoms with Crippen LogP contribution in [-0.4, -0.2) is 39.8 Å². The normalized spacial score (nSPS) is 13.5. The molecule has 4 rings (SSSR count). The van der Waals surface area contributed by atoms with Crippen molar-refractivity contribution in [3.05, 3.63) is 78.3 Å². The first-order valence-corrected chi connectivity index (χ1v) is 10.7. The Hall–Kier alpha value is -3.87. The van der Waals surface area contributed by atoms with Crippen LogP contribution in [0, 0.1) is 0 Å². The highest BCUT2D eigenvalue weighted by atomic mass is 16.5. The molecule has 2 N–H and O–H groups in total. The molecule has 7 heteroatoms. The van der Waals surface area contributed by atoms with Crippen molar-refractivity contribution in [1.29, 1.82) is 0 Å². The van der Waals surface area contributed by atoms with Crippen molar-refractivity contribution in [2.75, 3.05) is 18.4 Å². The number of rotatable bonds is 7. The third kappa shape index (κ3) is 4.72. The van der Waals surface area contributed by atoms with Crippen LogP contribution in [0.15, 0.2) is 67.1 Å². The molecule has 2 aromatic heterocycles. The van der Waals surface area contributed by atoms with Crippen LogP contribution in [0.1, 0.15) is 30.9 Å². The fourth-order valence-electron chi connectivity index (χ4n) is 3.75. The minimum atomic E-state index is -0.529. The van der Waals surface area contributed by atoms with Gasteiger partial charge in [-0.1, -0.05) is 49.9 Å². The average molecular weight is 431 g/mol. The summed E-state index contributed by atoms with van der Waals surface area (Å²) in [5, 5.41) is 3.68. The molecule has 0 bridgehead atoms.